The molecule has 1 amide bonds. The third-order valence-corrected chi connectivity index (χ3v) is 4.41. The molecule has 1 unspecified atom stereocenters. The maximum Gasteiger partial charge on any atom is 0.412 e. The Morgan fingerprint density at radius 1 is 1.27 bits per heavy atom. The average molecular weight is 413 g/mol. The Labute approximate surface area is 174 Å². The second-order valence-electron chi connectivity index (χ2n) is 6.95. The Hall–Kier alpha value is -3.33. The van der Waals surface area contributed by atoms with Gasteiger partial charge in [0.1, 0.15) is 11.6 Å². The second-order valence-corrected chi connectivity index (χ2v) is 6.95. The van der Waals surface area contributed by atoms with Gasteiger partial charge in [0.2, 0.25) is 0 Å². The fourth-order valence-electron chi connectivity index (χ4n) is 3.03. The van der Waals surface area contributed by atoms with Crippen LogP contribution in [0.15, 0.2) is 36.4 Å². The van der Waals surface area contributed by atoms with Crippen molar-refractivity contribution in [3.63, 3.8) is 0 Å². The van der Waals surface area contributed by atoms with Crippen molar-refractivity contribution in [2.45, 2.75) is 33.2 Å². The van der Waals surface area contributed by atoms with E-state index in [4.69, 9.17) is 9.47 Å². The molecule has 3 rings (SSSR count). The molecular weight excluding hydrogens is 389 g/mol. The number of benzene rings is 2. The first-order valence-corrected chi connectivity index (χ1v) is 9.57. The van der Waals surface area contributed by atoms with Crippen LogP contribution in [-0.4, -0.2) is 46.1 Å². The Balaban J connectivity index is 2.01. The van der Waals surface area contributed by atoms with Crippen LogP contribution in [0.5, 0.6) is 5.75 Å². The summed E-state index contributed by atoms with van der Waals surface area (Å²) in [5.74, 6) is 0.492. The SMILES string of the molecule is CCc1nnnn1-c1cc(OC(=O)NC(C)COC)cc(-c2ccc(C)cc2F)c1. The highest BCUT2D eigenvalue weighted by atomic mass is 19.1. The van der Waals surface area contributed by atoms with Gasteiger partial charge in [0.05, 0.1) is 18.3 Å². The highest BCUT2D eigenvalue weighted by Crippen LogP contribution is 2.30. The van der Waals surface area contributed by atoms with Crippen LogP contribution in [0, 0.1) is 12.7 Å². The Morgan fingerprint density at radius 2 is 2.07 bits per heavy atom. The largest absolute Gasteiger partial charge is 0.412 e. The van der Waals surface area contributed by atoms with Crippen molar-refractivity contribution >= 4 is 6.09 Å². The molecule has 0 saturated heterocycles. The minimum atomic E-state index is -0.639. The number of halogens is 1. The number of aryl methyl sites for hydroxylation is 2. The van der Waals surface area contributed by atoms with Gasteiger partial charge in [0.25, 0.3) is 0 Å². The zero-order valence-corrected chi connectivity index (χ0v) is 17.3. The van der Waals surface area contributed by atoms with E-state index in [1.54, 1.807) is 38.3 Å². The molecular formula is C21H24FN5O3. The molecule has 30 heavy (non-hydrogen) atoms. The van der Waals surface area contributed by atoms with E-state index in [1.807, 2.05) is 19.9 Å². The summed E-state index contributed by atoms with van der Waals surface area (Å²) < 4.78 is 26.6. The molecule has 0 aliphatic rings. The van der Waals surface area contributed by atoms with Crippen LogP contribution in [0.1, 0.15) is 25.2 Å². The molecule has 0 bridgehead atoms. The number of nitrogens with one attached hydrogen (secondary N) is 1. The van der Waals surface area contributed by atoms with Crippen molar-refractivity contribution in [3.05, 3.63) is 53.6 Å². The van der Waals surface area contributed by atoms with Crippen molar-refractivity contribution in [2.24, 2.45) is 0 Å². The first-order chi connectivity index (χ1) is 14.4. The van der Waals surface area contributed by atoms with E-state index in [1.165, 1.54) is 10.7 Å². The van der Waals surface area contributed by atoms with Crippen LogP contribution < -0.4 is 10.1 Å². The number of aromatic nitrogens is 4. The monoisotopic (exact) mass is 413 g/mol. The number of carbonyl (C=O) groups excluding carboxylic acids is 1. The minimum Gasteiger partial charge on any atom is -0.410 e. The maximum absolute atomic E-state index is 14.6. The van der Waals surface area contributed by atoms with Crippen molar-refractivity contribution in [2.75, 3.05) is 13.7 Å². The van der Waals surface area contributed by atoms with Gasteiger partial charge >= 0.3 is 6.09 Å². The van der Waals surface area contributed by atoms with Gasteiger partial charge in [0.15, 0.2) is 5.82 Å². The van der Waals surface area contributed by atoms with Gasteiger partial charge in [-0.05, 0) is 53.6 Å². The van der Waals surface area contributed by atoms with Crippen molar-refractivity contribution in [3.8, 4) is 22.6 Å². The van der Waals surface area contributed by atoms with Crippen molar-refractivity contribution in [1.82, 2.24) is 25.5 Å². The molecule has 8 nitrogen and oxygen atoms in total. The summed E-state index contributed by atoms with van der Waals surface area (Å²) in [6.07, 6.45) is -0.0408. The van der Waals surface area contributed by atoms with Crippen LogP contribution >= 0.6 is 0 Å². The van der Waals surface area contributed by atoms with E-state index < -0.39 is 6.09 Å². The summed E-state index contributed by atoms with van der Waals surface area (Å²) in [4.78, 5) is 12.3. The smallest absolute Gasteiger partial charge is 0.410 e. The van der Waals surface area contributed by atoms with Gasteiger partial charge < -0.3 is 14.8 Å². The van der Waals surface area contributed by atoms with Crippen LogP contribution in [-0.2, 0) is 11.2 Å². The molecule has 1 aromatic heterocycles. The highest BCUT2D eigenvalue weighted by molar-refractivity contribution is 5.74. The molecule has 0 saturated carbocycles. The lowest BCUT2D eigenvalue weighted by Crippen LogP contribution is -2.37. The molecule has 3 aromatic rings. The van der Waals surface area contributed by atoms with E-state index in [9.17, 15) is 9.18 Å². The molecule has 1 atom stereocenters. The third-order valence-electron chi connectivity index (χ3n) is 4.41. The number of hydrogen-bond acceptors (Lipinski definition) is 6. The normalized spacial score (nSPS) is 11.9. The number of rotatable bonds is 7. The number of carbonyl (C=O) groups is 1. The average Bonchev–Trinajstić information content (AvgIpc) is 3.16. The summed E-state index contributed by atoms with van der Waals surface area (Å²) in [6, 6.07) is 9.72. The highest BCUT2D eigenvalue weighted by Gasteiger charge is 2.15. The molecule has 158 valence electrons. The molecule has 9 heteroatoms. The number of ether oxygens (including phenoxy) is 2. The number of tetrazole rings is 1. The lowest BCUT2D eigenvalue weighted by Gasteiger charge is -2.15. The molecule has 0 fully saturated rings. The molecule has 1 N–H and O–H groups in total. The molecule has 1 heterocycles. The van der Waals surface area contributed by atoms with E-state index >= 15 is 0 Å². The predicted octanol–water partition coefficient (Wildman–Crippen LogP) is 3.46. The molecule has 0 spiro atoms. The lowest BCUT2D eigenvalue weighted by atomic mass is 10.0. The number of nitrogens with zero attached hydrogens (tertiary/aromatic N) is 4. The van der Waals surface area contributed by atoms with Crippen molar-refractivity contribution < 1.29 is 18.7 Å². The Bertz CT molecular complexity index is 1040. The quantitative estimate of drug-likeness (QED) is 0.638. The molecule has 0 radical (unpaired) electrons. The fourth-order valence-corrected chi connectivity index (χ4v) is 3.03. The molecule has 0 aliphatic carbocycles. The summed E-state index contributed by atoms with van der Waals surface area (Å²) in [7, 11) is 1.55. The van der Waals surface area contributed by atoms with Gasteiger partial charge in [-0.2, -0.15) is 4.68 Å². The first-order valence-electron chi connectivity index (χ1n) is 9.57. The summed E-state index contributed by atoms with van der Waals surface area (Å²) in [5, 5.41) is 14.4. The topological polar surface area (TPSA) is 91.2 Å². The first kappa shape index (κ1) is 21.4. The van der Waals surface area contributed by atoms with E-state index in [0.29, 0.717) is 35.7 Å². The maximum atomic E-state index is 14.6. The summed E-state index contributed by atoms with van der Waals surface area (Å²) in [5.41, 5.74) is 2.29. The van der Waals surface area contributed by atoms with E-state index in [2.05, 4.69) is 20.8 Å². The standard InChI is InChI=1S/C21H24FN5O3/c1-5-20-24-25-26-27(20)16-9-15(18-7-6-13(2)8-19(18)22)10-17(11-16)30-21(28)23-14(3)12-29-4/h6-11,14H,5,12H2,1-4H3,(H,23,28). The summed E-state index contributed by atoms with van der Waals surface area (Å²) in [6.45, 7) is 5.88. The van der Waals surface area contributed by atoms with Gasteiger partial charge in [0, 0.05) is 25.2 Å². The Morgan fingerprint density at radius 3 is 2.77 bits per heavy atom. The van der Waals surface area contributed by atoms with Crippen molar-refractivity contribution in [1.29, 1.82) is 0 Å². The fraction of sp³-hybridized carbons (Fsp3) is 0.333. The number of methoxy groups -OCH3 is 1. The van der Waals surface area contributed by atoms with Gasteiger partial charge in [-0.25, -0.2) is 9.18 Å². The van der Waals surface area contributed by atoms with Gasteiger partial charge in [-0.15, -0.1) is 5.10 Å². The van der Waals surface area contributed by atoms with E-state index in [-0.39, 0.29) is 17.6 Å². The zero-order valence-electron chi connectivity index (χ0n) is 17.3. The minimum absolute atomic E-state index is 0.231. The molecule has 2 aromatic carbocycles. The Kier molecular flexibility index (Phi) is 6.73. The van der Waals surface area contributed by atoms with Crippen LogP contribution in [0.3, 0.4) is 0 Å². The zero-order chi connectivity index (χ0) is 21.7. The lowest BCUT2D eigenvalue weighted by molar-refractivity contribution is 0.159. The van der Waals surface area contributed by atoms with Crippen LogP contribution in [0.2, 0.25) is 0 Å². The van der Waals surface area contributed by atoms with Crippen LogP contribution in [0.25, 0.3) is 16.8 Å². The van der Waals surface area contributed by atoms with Gasteiger partial charge in [-0.1, -0.05) is 19.1 Å². The second kappa shape index (κ2) is 9.45. The van der Waals surface area contributed by atoms with Gasteiger partial charge in [-0.3, -0.25) is 0 Å². The summed E-state index contributed by atoms with van der Waals surface area (Å²) >= 11 is 0. The molecule has 0 aliphatic heterocycles. The third kappa shape index (κ3) is 4.98. The number of hydrogen-bond donors (Lipinski definition) is 1. The predicted molar refractivity (Wildman–Crippen MR) is 109 cm³/mol. The van der Waals surface area contributed by atoms with E-state index in [0.717, 1.165) is 5.56 Å². The van der Waals surface area contributed by atoms with Crippen LogP contribution in [0.4, 0.5) is 9.18 Å². The number of amides is 1.